The number of fused-ring (bicyclic) bond motifs is 1. The number of pyridine rings is 1. The van der Waals surface area contributed by atoms with Gasteiger partial charge in [-0.15, -0.1) is 0 Å². The fourth-order valence-electron chi connectivity index (χ4n) is 4.73. The van der Waals surface area contributed by atoms with E-state index in [-0.39, 0.29) is 6.10 Å². The summed E-state index contributed by atoms with van der Waals surface area (Å²) >= 11 is 0. The molecular weight excluding hydrogens is 444 g/mol. The summed E-state index contributed by atoms with van der Waals surface area (Å²) < 4.78 is 12.0. The molecule has 184 valence electrons. The van der Waals surface area contributed by atoms with Crippen molar-refractivity contribution in [2.45, 2.75) is 13.0 Å². The minimum Gasteiger partial charge on any atom is -0.473 e. The number of ether oxygens (including phenoxy) is 2. The van der Waals surface area contributed by atoms with Crippen molar-refractivity contribution in [2.75, 3.05) is 71.0 Å². The third-order valence-electron chi connectivity index (χ3n) is 6.72. The molecule has 5 rings (SSSR count). The van der Waals surface area contributed by atoms with Crippen molar-refractivity contribution in [3.8, 4) is 17.1 Å². The Morgan fingerprint density at radius 1 is 1.11 bits per heavy atom. The number of aromatic nitrogens is 3. The topological polar surface area (TPSA) is 83.9 Å². The van der Waals surface area contributed by atoms with Crippen molar-refractivity contribution < 1.29 is 14.3 Å². The Kier molecular flexibility index (Phi) is 7.17. The maximum atomic E-state index is 10.9. The van der Waals surface area contributed by atoms with E-state index in [9.17, 15) is 4.79 Å². The number of carbonyl (C=O) groups excluding carboxylic acids is 1. The molecule has 35 heavy (non-hydrogen) atoms. The Bertz CT molecular complexity index is 1180. The molecule has 0 unspecified atom stereocenters. The highest BCUT2D eigenvalue weighted by Gasteiger charge is 2.22. The van der Waals surface area contributed by atoms with E-state index < -0.39 is 0 Å². The summed E-state index contributed by atoms with van der Waals surface area (Å²) in [7, 11) is 2.17. The number of piperazine rings is 1. The van der Waals surface area contributed by atoms with Crippen molar-refractivity contribution in [2.24, 2.45) is 0 Å². The van der Waals surface area contributed by atoms with Gasteiger partial charge in [-0.3, -0.25) is 9.88 Å². The minimum absolute atomic E-state index is 0.133. The quantitative estimate of drug-likeness (QED) is 0.476. The summed E-state index contributed by atoms with van der Waals surface area (Å²) in [5.74, 6) is 0.447. The normalized spacial score (nSPS) is 19.7. The number of morpholine rings is 1. The lowest BCUT2D eigenvalue weighted by Gasteiger charge is -2.35. The molecule has 1 aromatic carbocycles. The van der Waals surface area contributed by atoms with Crippen LogP contribution < -0.4 is 9.64 Å². The van der Waals surface area contributed by atoms with E-state index in [0.29, 0.717) is 37.7 Å². The predicted molar refractivity (Wildman–Crippen MR) is 135 cm³/mol. The molecule has 0 amide bonds. The highest BCUT2D eigenvalue weighted by Crippen LogP contribution is 2.31. The second-order valence-corrected chi connectivity index (χ2v) is 9.26. The molecule has 2 saturated heterocycles. The van der Waals surface area contributed by atoms with Gasteiger partial charge in [0.1, 0.15) is 19.0 Å². The standard InChI is InChI=1S/C26H32N6O3/c1-19-15-20(3-4-24(19)32-9-7-30(2)8-10-32)22-16-23-25(28-6-5-27-23)26(29-22)35-18-21-17-31(11-13-33)12-14-34-21/h3-6,13,15-16,21H,7-12,14,17-18H2,1-2H3/t21-/m0/s1. The van der Waals surface area contributed by atoms with Crippen LogP contribution in [0.4, 0.5) is 5.69 Å². The average molecular weight is 477 g/mol. The van der Waals surface area contributed by atoms with Crippen molar-refractivity contribution in [1.29, 1.82) is 0 Å². The molecule has 4 heterocycles. The Morgan fingerprint density at radius 2 is 1.94 bits per heavy atom. The van der Waals surface area contributed by atoms with Gasteiger partial charge in [0.05, 0.1) is 24.4 Å². The number of hydrogen-bond acceptors (Lipinski definition) is 9. The van der Waals surface area contributed by atoms with Gasteiger partial charge in [0, 0.05) is 62.9 Å². The average Bonchev–Trinajstić information content (AvgIpc) is 2.88. The first kappa shape index (κ1) is 23.6. The first-order chi connectivity index (χ1) is 17.1. The number of aryl methyl sites for hydroxylation is 1. The van der Waals surface area contributed by atoms with Crippen LogP contribution in [0.2, 0.25) is 0 Å². The van der Waals surface area contributed by atoms with E-state index in [2.05, 4.69) is 56.8 Å². The second kappa shape index (κ2) is 10.6. The Morgan fingerprint density at radius 3 is 2.74 bits per heavy atom. The van der Waals surface area contributed by atoms with Crippen LogP contribution >= 0.6 is 0 Å². The van der Waals surface area contributed by atoms with Crippen LogP contribution in [0.5, 0.6) is 5.88 Å². The number of nitrogens with zero attached hydrogens (tertiary/aromatic N) is 6. The van der Waals surface area contributed by atoms with Gasteiger partial charge in [-0.05, 0) is 37.7 Å². The SMILES string of the molecule is Cc1cc(-c2cc3nccnc3c(OC[C@@H]3CN(CC=O)CCO3)n2)ccc1N1CCN(C)CC1. The molecule has 9 nitrogen and oxygen atoms in total. The Hall–Kier alpha value is -3.14. The van der Waals surface area contributed by atoms with E-state index in [0.717, 1.165) is 55.8 Å². The summed E-state index contributed by atoms with van der Waals surface area (Å²) in [6.07, 6.45) is 4.12. The van der Waals surface area contributed by atoms with Crippen molar-refractivity contribution in [3.05, 3.63) is 42.2 Å². The van der Waals surface area contributed by atoms with Gasteiger partial charge in [0.15, 0.2) is 5.52 Å². The molecule has 0 saturated carbocycles. The number of rotatable bonds is 7. The van der Waals surface area contributed by atoms with E-state index in [1.54, 1.807) is 12.4 Å². The monoisotopic (exact) mass is 476 g/mol. The maximum Gasteiger partial charge on any atom is 0.242 e. The third-order valence-corrected chi connectivity index (χ3v) is 6.72. The van der Waals surface area contributed by atoms with Crippen LogP contribution in [0, 0.1) is 6.92 Å². The number of hydrogen-bond donors (Lipinski definition) is 0. The highest BCUT2D eigenvalue weighted by molar-refractivity contribution is 5.83. The summed E-state index contributed by atoms with van der Waals surface area (Å²) in [6, 6.07) is 8.46. The first-order valence-electron chi connectivity index (χ1n) is 12.2. The highest BCUT2D eigenvalue weighted by atomic mass is 16.5. The van der Waals surface area contributed by atoms with Gasteiger partial charge >= 0.3 is 0 Å². The zero-order valence-electron chi connectivity index (χ0n) is 20.4. The fraction of sp³-hybridized carbons (Fsp3) is 0.462. The van der Waals surface area contributed by atoms with Gasteiger partial charge in [0.2, 0.25) is 5.88 Å². The van der Waals surface area contributed by atoms with E-state index in [1.165, 1.54) is 11.3 Å². The molecule has 0 aliphatic carbocycles. The lowest BCUT2D eigenvalue weighted by molar-refractivity contribution is -0.111. The number of benzene rings is 1. The summed E-state index contributed by atoms with van der Waals surface area (Å²) in [5, 5.41) is 0. The predicted octanol–water partition coefficient (Wildman–Crippen LogP) is 2.03. The molecule has 2 aliphatic heterocycles. The maximum absolute atomic E-state index is 10.9. The molecular formula is C26H32N6O3. The molecule has 3 aromatic rings. The van der Waals surface area contributed by atoms with Gasteiger partial charge in [0.25, 0.3) is 0 Å². The van der Waals surface area contributed by atoms with Crippen molar-refractivity contribution in [1.82, 2.24) is 24.8 Å². The van der Waals surface area contributed by atoms with Crippen molar-refractivity contribution >= 4 is 23.0 Å². The zero-order valence-corrected chi connectivity index (χ0v) is 20.4. The lowest BCUT2D eigenvalue weighted by atomic mass is 10.0. The molecule has 2 aliphatic rings. The fourth-order valence-corrected chi connectivity index (χ4v) is 4.73. The van der Waals surface area contributed by atoms with Gasteiger partial charge in [-0.1, -0.05) is 6.07 Å². The summed E-state index contributed by atoms with van der Waals surface area (Å²) in [6.45, 7) is 9.09. The minimum atomic E-state index is -0.133. The lowest BCUT2D eigenvalue weighted by Crippen LogP contribution is -2.45. The summed E-state index contributed by atoms with van der Waals surface area (Å²) in [5.41, 5.74) is 5.68. The molecule has 9 heteroatoms. The third kappa shape index (κ3) is 5.42. The molecule has 0 bridgehead atoms. The molecule has 0 N–H and O–H groups in total. The smallest absolute Gasteiger partial charge is 0.242 e. The molecule has 0 spiro atoms. The molecule has 1 atom stereocenters. The first-order valence-corrected chi connectivity index (χ1v) is 12.2. The van der Waals surface area contributed by atoms with Crippen LogP contribution in [0.25, 0.3) is 22.3 Å². The van der Waals surface area contributed by atoms with Gasteiger partial charge in [-0.2, -0.15) is 0 Å². The molecule has 2 aromatic heterocycles. The van der Waals surface area contributed by atoms with Crippen LogP contribution in [0.1, 0.15) is 5.56 Å². The molecule has 2 fully saturated rings. The van der Waals surface area contributed by atoms with Gasteiger partial charge < -0.3 is 24.1 Å². The van der Waals surface area contributed by atoms with E-state index in [4.69, 9.17) is 14.5 Å². The van der Waals surface area contributed by atoms with Crippen molar-refractivity contribution in [3.63, 3.8) is 0 Å². The van der Waals surface area contributed by atoms with E-state index >= 15 is 0 Å². The summed E-state index contributed by atoms with van der Waals surface area (Å²) in [4.78, 5) is 31.6. The van der Waals surface area contributed by atoms with Crippen LogP contribution in [0.3, 0.4) is 0 Å². The number of aldehydes is 1. The second-order valence-electron chi connectivity index (χ2n) is 9.26. The van der Waals surface area contributed by atoms with Crippen LogP contribution in [-0.2, 0) is 9.53 Å². The zero-order chi connectivity index (χ0) is 24.2. The largest absolute Gasteiger partial charge is 0.473 e. The molecule has 0 radical (unpaired) electrons. The Balaban J connectivity index is 1.38. The number of carbonyl (C=O) groups is 1. The van der Waals surface area contributed by atoms with Gasteiger partial charge in [-0.25, -0.2) is 9.97 Å². The Labute approximate surface area is 205 Å². The van der Waals surface area contributed by atoms with Crippen LogP contribution in [-0.4, -0.2) is 103 Å². The van der Waals surface area contributed by atoms with Crippen LogP contribution in [0.15, 0.2) is 36.7 Å². The number of anilines is 1. The van der Waals surface area contributed by atoms with E-state index in [1.807, 2.05) is 6.07 Å². The number of likely N-dealkylation sites (N-methyl/N-ethyl adjacent to an activating group) is 1.